The van der Waals surface area contributed by atoms with E-state index in [-0.39, 0.29) is 17.9 Å². The van der Waals surface area contributed by atoms with Gasteiger partial charge < -0.3 is 29.0 Å². The molecule has 0 aromatic heterocycles. The zero-order valence-corrected chi connectivity index (χ0v) is 21.2. The second-order valence-electron chi connectivity index (χ2n) is 8.35. The van der Waals surface area contributed by atoms with Crippen molar-refractivity contribution in [2.24, 2.45) is 0 Å². The van der Waals surface area contributed by atoms with Gasteiger partial charge >= 0.3 is 0 Å². The van der Waals surface area contributed by atoms with Crippen molar-refractivity contribution in [3.63, 3.8) is 0 Å². The smallest absolute Gasteiger partial charge is 0.295 e. The van der Waals surface area contributed by atoms with Crippen molar-refractivity contribution < 1.29 is 33.6 Å². The highest BCUT2D eigenvalue weighted by molar-refractivity contribution is 6.46. The molecule has 4 rings (SSSR count). The van der Waals surface area contributed by atoms with Crippen molar-refractivity contribution >= 4 is 17.4 Å². The van der Waals surface area contributed by atoms with Crippen molar-refractivity contribution in [2.45, 2.75) is 19.5 Å². The molecule has 1 N–H and O–H groups in total. The van der Waals surface area contributed by atoms with Crippen LogP contribution in [0.1, 0.15) is 29.7 Å². The van der Waals surface area contributed by atoms with Crippen LogP contribution in [0.2, 0.25) is 0 Å². The Morgan fingerprint density at radius 3 is 2.24 bits per heavy atom. The van der Waals surface area contributed by atoms with E-state index in [0.717, 1.165) is 5.56 Å². The minimum atomic E-state index is -0.837. The number of carbonyl (C=O) groups is 2. The average Bonchev–Trinajstić information content (AvgIpc) is 3.18. The molecule has 37 heavy (non-hydrogen) atoms. The van der Waals surface area contributed by atoms with Crippen LogP contribution in [0.3, 0.4) is 0 Å². The summed E-state index contributed by atoms with van der Waals surface area (Å²) in [6.45, 7) is 2.49. The van der Waals surface area contributed by atoms with Gasteiger partial charge in [0.05, 0.1) is 39.6 Å². The number of ketones is 1. The normalized spacial score (nSPS) is 16.5. The van der Waals surface area contributed by atoms with Crippen molar-refractivity contribution in [1.82, 2.24) is 4.90 Å². The van der Waals surface area contributed by atoms with Crippen LogP contribution in [-0.2, 0) is 16.1 Å². The number of benzene rings is 3. The predicted molar refractivity (Wildman–Crippen MR) is 138 cm³/mol. The van der Waals surface area contributed by atoms with E-state index in [2.05, 4.69) is 0 Å². The van der Waals surface area contributed by atoms with Crippen LogP contribution in [0.5, 0.6) is 23.0 Å². The summed E-state index contributed by atoms with van der Waals surface area (Å²) in [5.74, 6) is 0.357. The zero-order chi connectivity index (χ0) is 26.5. The number of methoxy groups -OCH3 is 3. The van der Waals surface area contributed by atoms with Crippen molar-refractivity contribution in [3.05, 3.63) is 89.0 Å². The van der Waals surface area contributed by atoms with E-state index in [0.29, 0.717) is 40.7 Å². The van der Waals surface area contributed by atoms with Crippen LogP contribution in [0.4, 0.5) is 0 Å². The van der Waals surface area contributed by atoms with Crippen LogP contribution in [0, 0.1) is 0 Å². The van der Waals surface area contributed by atoms with Crippen molar-refractivity contribution in [1.29, 1.82) is 0 Å². The molecule has 1 aliphatic heterocycles. The lowest BCUT2D eigenvalue weighted by Crippen LogP contribution is -2.29. The van der Waals surface area contributed by atoms with E-state index in [9.17, 15) is 14.7 Å². The molecule has 1 fully saturated rings. The number of amides is 1. The van der Waals surface area contributed by atoms with Crippen LogP contribution < -0.4 is 18.9 Å². The van der Waals surface area contributed by atoms with E-state index in [1.165, 1.54) is 19.1 Å². The van der Waals surface area contributed by atoms with E-state index in [4.69, 9.17) is 18.9 Å². The Kier molecular flexibility index (Phi) is 7.67. The number of Topliss-reactive ketones (excluding diaryl/α,β-unsaturated/α-hetero) is 1. The Labute approximate surface area is 215 Å². The number of carbonyl (C=O) groups excluding carboxylic acids is 2. The van der Waals surface area contributed by atoms with Gasteiger partial charge in [0.1, 0.15) is 17.3 Å². The molecule has 0 radical (unpaired) electrons. The predicted octanol–water partition coefficient (Wildman–Crippen LogP) is 4.73. The molecule has 3 aromatic carbocycles. The number of ether oxygens (including phenoxy) is 4. The van der Waals surface area contributed by atoms with Gasteiger partial charge in [-0.3, -0.25) is 9.59 Å². The Hall–Kier alpha value is -4.46. The second-order valence-corrected chi connectivity index (χ2v) is 8.35. The molecule has 0 aliphatic carbocycles. The minimum Gasteiger partial charge on any atom is -0.507 e. The summed E-state index contributed by atoms with van der Waals surface area (Å²) in [5.41, 5.74) is 1.76. The summed E-state index contributed by atoms with van der Waals surface area (Å²) in [4.78, 5) is 28.2. The van der Waals surface area contributed by atoms with Gasteiger partial charge in [-0.2, -0.15) is 0 Å². The molecule has 1 heterocycles. The summed E-state index contributed by atoms with van der Waals surface area (Å²) >= 11 is 0. The summed E-state index contributed by atoms with van der Waals surface area (Å²) in [6.07, 6.45) is 0. The molecule has 0 saturated carbocycles. The number of aliphatic hydroxyl groups excluding tert-OH is 1. The number of aliphatic hydroxyl groups is 1. The van der Waals surface area contributed by atoms with Gasteiger partial charge in [0, 0.05) is 12.1 Å². The van der Waals surface area contributed by atoms with E-state index in [1.54, 1.807) is 55.6 Å². The molecule has 1 amide bonds. The molecule has 8 heteroatoms. The molecule has 8 nitrogen and oxygen atoms in total. The monoisotopic (exact) mass is 503 g/mol. The fraction of sp³-hybridized carbons (Fsp3) is 0.241. The highest BCUT2D eigenvalue weighted by Crippen LogP contribution is 2.42. The standard InChI is InChI=1S/C29H29NO7/c1-5-37-22-8-6-7-19(15-22)26-25(27(31)20-11-14-23(35-3)24(16-20)36-4)28(32)29(33)30(26)17-18-9-12-21(34-2)13-10-18/h6-16,26,31H,5,17H2,1-4H3/b27-25+. The Bertz CT molecular complexity index is 1330. The zero-order valence-electron chi connectivity index (χ0n) is 21.2. The number of rotatable bonds is 9. The largest absolute Gasteiger partial charge is 0.507 e. The van der Waals surface area contributed by atoms with Gasteiger partial charge in [-0.05, 0) is 60.5 Å². The number of likely N-dealkylation sites (tertiary alicyclic amines) is 1. The SMILES string of the molecule is CCOc1cccc(C2/C(=C(\O)c3ccc(OC)c(OC)c3)C(=O)C(=O)N2Cc2ccc(OC)cc2)c1. The number of nitrogens with zero attached hydrogens (tertiary/aromatic N) is 1. The molecule has 1 saturated heterocycles. The molecule has 1 aliphatic rings. The quantitative estimate of drug-likeness (QED) is 0.256. The summed E-state index contributed by atoms with van der Waals surface area (Å²) < 4.78 is 21.5. The highest BCUT2D eigenvalue weighted by Gasteiger charge is 2.46. The summed E-state index contributed by atoms with van der Waals surface area (Å²) in [7, 11) is 4.56. The van der Waals surface area contributed by atoms with E-state index >= 15 is 0 Å². The number of hydrogen-bond acceptors (Lipinski definition) is 7. The van der Waals surface area contributed by atoms with E-state index in [1.807, 2.05) is 25.1 Å². The third-order valence-corrected chi connectivity index (χ3v) is 6.19. The van der Waals surface area contributed by atoms with Crippen molar-refractivity contribution in [3.8, 4) is 23.0 Å². The lowest BCUT2D eigenvalue weighted by molar-refractivity contribution is -0.140. The molecule has 1 atom stereocenters. The Morgan fingerprint density at radius 2 is 1.59 bits per heavy atom. The molecule has 0 spiro atoms. The highest BCUT2D eigenvalue weighted by atomic mass is 16.5. The van der Waals surface area contributed by atoms with Crippen molar-refractivity contribution in [2.75, 3.05) is 27.9 Å². The first-order valence-corrected chi connectivity index (χ1v) is 11.8. The Balaban J connectivity index is 1.85. The third kappa shape index (κ3) is 5.09. The lowest BCUT2D eigenvalue weighted by atomic mass is 9.95. The van der Waals surface area contributed by atoms with Gasteiger partial charge in [0.25, 0.3) is 11.7 Å². The molecule has 3 aromatic rings. The van der Waals surface area contributed by atoms with Gasteiger partial charge in [-0.15, -0.1) is 0 Å². The van der Waals surface area contributed by atoms with Gasteiger partial charge in [0.2, 0.25) is 0 Å². The number of hydrogen-bond donors (Lipinski definition) is 1. The molecular formula is C29H29NO7. The first-order chi connectivity index (χ1) is 17.9. The van der Waals surface area contributed by atoms with Gasteiger partial charge in [-0.1, -0.05) is 24.3 Å². The fourth-order valence-corrected chi connectivity index (χ4v) is 4.40. The molecule has 192 valence electrons. The molecular weight excluding hydrogens is 474 g/mol. The van der Waals surface area contributed by atoms with Crippen LogP contribution >= 0.6 is 0 Å². The van der Waals surface area contributed by atoms with E-state index < -0.39 is 17.7 Å². The Morgan fingerprint density at radius 1 is 0.865 bits per heavy atom. The third-order valence-electron chi connectivity index (χ3n) is 6.19. The van der Waals surface area contributed by atoms with Gasteiger partial charge in [-0.25, -0.2) is 0 Å². The second kappa shape index (κ2) is 11.1. The maximum absolute atomic E-state index is 13.4. The maximum atomic E-state index is 13.4. The molecule has 0 bridgehead atoms. The van der Waals surface area contributed by atoms with Crippen LogP contribution in [-0.4, -0.2) is 49.6 Å². The molecule has 1 unspecified atom stereocenters. The lowest BCUT2D eigenvalue weighted by Gasteiger charge is -2.26. The first-order valence-electron chi connectivity index (χ1n) is 11.8. The maximum Gasteiger partial charge on any atom is 0.295 e. The average molecular weight is 504 g/mol. The van der Waals surface area contributed by atoms with Crippen LogP contribution in [0.15, 0.2) is 72.3 Å². The van der Waals surface area contributed by atoms with Crippen LogP contribution in [0.25, 0.3) is 5.76 Å². The summed E-state index contributed by atoms with van der Waals surface area (Å²) in [5, 5.41) is 11.4. The summed E-state index contributed by atoms with van der Waals surface area (Å²) in [6, 6.07) is 18.4. The fourth-order valence-electron chi connectivity index (χ4n) is 4.40. The topological polar surface area (TPSA) is 94.5 Å². The minimum absolute atomic E-state index is 0.0145. The first kappa shape index (κ1) is 25.6. The van der Waals surface area contributed by atoms with Gasteiger partial charge in [0.15, 0.2) is 11.5 Å².